The van der Waals surface area contributed by atoms with Gasteiger partial charge in [0.1, 0.15) is 0 Å². The van der Waals surface area contributed by atoms with Gasteiger partial charge in [0.05, 0.1) is 0 Å². The van der Waals surface area contributed by atoms with Gasteiger partial charge in [-0.2, -0.15) is 0 Å². The second kappa shape index (κ2) is 5.72. The van der Waals surface area contributed by atoms with Crippen molar-refractivity contribution in [3.63, 3.8) is 0 Å². The summed E-state index contributed by atoms with van der Waals surface area (Å²) in [4.78, 5) is 2.60. The van der Waals surface area contributed by atoms with Crippen LogP contribution in [0, 0.1) is 5.92 Å². The van der Waals surface area contributed by atoms with Gasteiger partial charge in [-0.25, -0.2) is 0 Å². The van der Waals surface area contributed by atoms with Gasteiger partial charge in [0.2, 0.25) is 0 Å². The van der Waals surface area contributed by atoms with Crippen molar-refractivity contribution in [3.05, 3.63) is 0 Å². The van der Waals surface area contributed by atoms with E-state index in [1.807, 2.05) is 0 Å². The van der Waals surface area contributed by atoms with Gasteiger partial charge in [-0.05, 0) is 45.7 Å². The van der Waals surface area contributed by atoms with Gasteiger partial charge in [-0.15, -0.1) is 0 Å². The Hall–Kier alpha value is -0.0800. The molecule has 14 heavy (non-hydrogen) atoms. The molecule has 1 saturated heterocycles. The summed E-state index contributed by atoms with van der Waals surface area (Å²) in [7, 11) is 0. The average Bonchev–Trinajstić information content (AvgIpc) is 2.66. The number of hydrogen-bond donors (Lipinski definition) is 1. The van der Waals surface area contributed by atoms with E-state index >= 15 is 0 Å². The Morgan fingerprint density at radius 2 is 1.64 bits per heavy atom. The molecular weight excluding hydrogens is 172 g/mol. The predicted molar refractivity (Wildman–Crippen MR) is 62.6 cm³/mol. The summed E-state index contributed by atoms with van der Waals surface area (Å²) in [5.41, 5.74) is 0. The summed E-state index contributed by atoms with van der Waals surface area (Å²) in [5.74, 6) is 0.737. The third-order valence-electron chi connectivity index (χ3n) is 3.50. The zero-order valence-electron chi connectivity index (χ0n) is 10.2. The predicted octanol–water partition coefficient (Wildman–Crippen LogP) is 2.10. The molecule has 0 aliphatic carbocycles. The number of nitrogens with zero attached hydrogens (tertiary/aromatic N) is 1. The van der Waals surface area contributed by atoms with Gasteiger partial charge < -0.3 is 5.32 Å². The molecule has 0 saturated carbocycles. The average molecular weight is 198 g/mol. The van der Waals surface area contributed by atoms with Crippen LogP contribution < -0.4 is 5.32 Å². The Balaban J connectivity index is 2.16. The highest BCUT2D eigenvalue weighted by Crippen LogP contribution is 2.11. The molecular formula is C12H26N2. The molecule has 1 fully saturated rings. The van der Waals surface area contributed by atoms with Gasteiger partial charge in [0.15, 0.2) is 0 Å². The highest BCUT2D eigenvalue weighted by atomic mass is 15.2. The van der Waals surface area contributed by atoms with Crippen LogP contribution in [0.3, 0.4) is 0 Å². The fourth-order valence-corrected chi connectivity index (χ4v) is 1.90. The van der Waals surface area contributed by atoms with Crippen LogP contribution in [0.2, 0.25) is 0 Å². The summed E-state index contributed by atoms with van der Waals surface area (Å²) >= 11 is 0. The van der Waals surface area contributed by atoms with Crippen LogP contribution in [0.15, 0.2) is 0 Å². The fraction of sp³-hybridized carbons (Fsp3) is 1.00. The van der Waals surface area contributed by atoms with Crippen LogP contribution in [0.25, 0.3) is 0 Å². The zero-order chi connectivity index (χ0) is 10.6. The van der Waals surface area contributed by atoms with Crippen molar-refractivity contribution in [3.8, 4) is 0 Å². The molecule has 1 heterocycles. The molecule has 0 aromatic rings. The molecule has 0 bridgehead atoms. The second-order valence-electron chi connectivity index (χ2n) is 5.03. The Kier molecular flexibility index (Phi) is 4.90. The Morgan fingerprint density at radius 3 is 2.14 bits per heavy atom. The molecule has 0 aromatic heterocycles. The molecule has 2 unspecified atom stereocenters. The summed E-state index contributed by atoms with van der Waals surface area (Å²) in [6.07, 6.45) is 2.79. The minimum atomic E-state index is 0.639. The summed E-state index contributed by atoms with van der Waals surface area (Å²) < 4.78 is 0. The molecule has 1 aliphatic rings. The van der Waals surface area contributed by atoms with Crippen molar-refractivity contribution in [1.82, 2.24) is 10.2 Å². The first-order valence-corrected chi connectivity index (χ1v) is 6.08. The van der Waals surface area contributed by atoms with Crippen molar-refractivity contribution >= 4 is 0 Å². The third-order valence-corrected chi connectivity index (χ3v) is 3.50. The second-order valence-corrected chi connectivity index (χ2v) is 5.03. The first-order chi connectivity index (χ1) is 6.61. The molecule has 1 aliphatic heterocycles. The molecule has 2 atom stereocenters. The topological polar surface area (TPSA) is 15.3 Å². The lowest BCUT2D eigenvalue weighted by atomic mass is 10.1. The van der Waals surface area contributed by atoms with Gasteiger partial charge in [0.25, 0.3) is 0 Å². The molecule has 2 heteroatoms. The fourth-order valence-electron chi connectivity index (χ4n) is 1.90. The normalized spacial score (nSPS) is 22.9. The van der Waals surface area contributed by atoms with Gasteiger partial charge in [-0.1, -0.05) is 13.8 Å². The van der Waals surface area contributed by atoms with E-state index in [0.29, 0.717) is 12.1 Å². The van der Waals surface area contributed by atoms with E-state index < -0.39 is 0 Å². The van der Waals surface area contributed by atoms with E-state index in [0.717, 1.165) is 12.5 Å². The first kappa shape index (κ1) is 12.0. The summed E-state index contributed by atoms with van der Waals surface area (Å²) in [5, 5.41) is 3.62. The maximum Gasteiger partial charge on any atom is 0.0192 e. The summed E-state index contributed by atoms with van der Waals surface area (Å²) in [6.45, 7) is 12.9. The lowest BCUT2D eigenvalue weighted by molar-refractivity contribution is 0.241. The van der Waals surface area contributed by atoms with Gasteiger partial charge in [-0.3, -0.25) is 4.90 Å². The lowest BCUT2D eigenvalue weighted by Crippen LogP contribution is -2.42. The van der Waals surface area contributed by atoms with E-state index in [-0.39, 0.29) is 0 Å². The van der Waals surface area contributed by atoms with Crippen molar-refractivity contribution in [2.24, 2.45) is 5.92 Å². The Bertz CT molecular complexity index is 150. The number of nitrogens with one attached hydrogen (secondary N) is 1. The van der Waals surface area contributed by atoms with Crippen molar-refractivity contribution in [2.45, 2.75) is 52.6 Å². The minimum absolute atomic E-state index is 0.639. The highest BCUT2D eigenvalue weighted by Gasteiger charge is 2.18. The smallest absolute Gasteiger partial charge is 0.0192 e. The van der Waals surface area contributed by atoms with E-state index in [1.54, 1.807) is 0 Å². The lowest BCUT2D eigenvalue weighted by Gasteiger charge is -2.26. The molecule has 0 radical (unpaired) electrons. The zero-order valence-corrected chi connectivity index (χ0v) is 10.2. The van der Waals surface area contributed by atoms with Crippen LogP contribution in [-0.2, 0) is 0 Å². The van der Waals surface area contributed by atoms with Crippen LogP contribution in [0.4, 0.5) is 0 Å². The highest BCUT2D eigenvalue weighted by molar-refractivity contribution is 4.76. The number of likely N-dealkylation sites (tertiary alicyclic amines) is 1. The Morgan fingerprint density at radius 1 is 1.07 bits per heavy atom. The van der Waals surface area contributed by atoms with E-state index in [4.69, 9.17) is 0 Å². The van der Waals surface area contributed by atoms with Crippen molar-refractivity contribution in [1.29, 1.82) is 0 Å². The van der Waals surface area contributed by atoms with Crippen molar-refractivity contribution in [2.75, 3.05) is 19.6 Å². The Labute approximate surface area is 89.1 Å². The molecule has 0 amide bonds. The van der Waals surface area contributed by atoms with E-state index in [9.17, 15) is 0 Å². The van der Waals surface area contributed by atoms with Crippen LogP contribution in [0.5, 0.6) is 0 Å². The molecule has 1 N–H and O–H groups in total. The van der Waals surface area contributed by atoms with Crippen LogP contribution in [-0.4, -0.2) is 36.6 Å². The molecule has 0 aromatic carbocycles. The molecule has 1 rings (SSSR count). The van der Waals surface area contributed by atoms with Crippen LogP contribution >= 0.6 is 0 Å². The molecule has 0 spiro atoms. The standard InChI is InChI=1S/C12H26N2/c1-10(2)12(4)13-9-11(3)14-7-5-6-8-14/h10-13H,5-9H2,1-4H3. The number of hydrogen-bond acceptors (Lipinski definition) is 2. The molecule has 2 nitrogen and oxygen atoms in total. The SMILES string of the molecule is CC(C)C(C)NCC(C)N1CCCC1. The monoisotopic (exact) mass is 198 g/mol. The van der Waals surface area contributed by atoms with Crippen LogP contribution in [0.1, 0.15) is 40.5 Å². The quantitative estimate of drug-likeness (QED) is 0.728. The maximum atomic E-state index is 3.62. The van der Waals surface area contributed by atoms with E-state index in [1.165, 1.54) is 25.9 Å². The maximum absolute atomic E-state index is 3.62. The van der Waals surface area contributed by atoms with Crippen molar-refractivity contribution < 1.29 is 0 Å². The first-order valence-electron chi connectivity index (χ1n) is 6.08. The van der Waals surface area contributed by atoms with Gasteiger partial charge >= 0.3 is 0 Å². The summed E-state index contributed by atoms with van der Waals surface area (Å²) in [6, 6.07) is 1.35. The largest absolute Gasteiger partial charge is 0.312 e. The third kappa shape index (κ3) is 3.58. The van der Waals surface area contributed by atoms with E-state index in [2.05, 4.69) is 37.9 Å². The molecule has 84 valence electrons. The van der Waals surface area contributed by atoms with Gasteiger partial charge in [0, 0.05) is 18.6 Å². The number of rotatable bonds is 5. The minimum Gasteiger partial charge on any atom is -0.312 e.